The van der Waals surface area contributed by atoms with E-state index in [9.17, 15) is 9.59 Å². The molecule has 0 fully saturated rings. The molecule has 132 valence electrons. The largest absolute Gasteiger partial charge is 0.486 e. The third-order valence-corrected chi connectivity index (χ3v) is 3.77. The highest BCUT2D eigenvalue weighted by atomic mass is 16.6. The fourth-order valence-corrected chi connectivity index (χ4v) is 2.51. The van der Waals surface area contributed by atoms with Crippen LogP contribution in [0.1, 0.15) is 26.7 Å². The summed E-state index contributed by atoms with van der Waals surface area (Å²) < 4.78 is 10.9. The molecule has 1 aliphatic rings. The van der Waals surface area contributed by atoms with Crippen LogP contribution in [0.25, 0.3) is 0 Å². The van der Waals surface area contributed by atoms with Gasteiger partial charge in [0, 0.05) is 18.3 Å². The van der Waals surface area contributed by atoms with Crippen molar-refractivity contribution in [1.82, 2.24) is 4.90 Å². The summed E-state index contributed by atoms with van der Waals surface area (Å²) in [5.74, 6) is 0.796. The van der Waals surface area contributed by atoms with E-state index in [1.165, 1.54) is 4.90 Å². The van der Waals surface area contributed by atoms with Crippen molar-refractivity contribution in [3.05, 3.63) is 18.2 Å². The zero-order valence-electron chi connectivity index (χ0n) is 14.2. The standard InChI is InChI=1S/C17H25N3O4/c1-3-5-13(18)17(22)20(4-2)11-16(21)19-12-6-7-14-15(10-12)24-9-8-23-14/h6-7,10,13H,3-5,8-9,11,18H2,1-2H3,(H,19,21). The molecule has 1 atom stereocenters. The minimum atomic E-state index is -0.558. The lowest BCUT2D eigenvalue weighted by Crippen LogP contribution is -2.46. The van der Waals surface area contributed by atoms with Gasteiger partial charge in [0.05, 0.1) is 12.6 Å². The lowest BCUT2D eigenvalue weighted by molar-refractivity contribution is -0.135. The number of anilines is 1. The normalized spacial score (nSPS) is 14.0. The van der Waals surface area contributed by atoms with Crippen LogP contribution in [0.5, 0.6) is 11.5 Å². The van der Waals surface area contributed by atoms with E-state index in [-0.39, 0.29) is 18.4 Å². The van der Waals surface area contributed by atoms with E-state index in [1.54, 1.807) is 18.2 Å². The van der Waals surface area contributed by atoms with Gasteiger partial charge >= 0.3 is 0 Å². The van der Waals surface area contributed by atoms with Gasteiger partial charge in [-0.25, -0.2) is 0 Å². The van der Waals surface area contributed by atoms with E-state index in [1.807, 2.05) is 13.8 Å². The molecule has 0 radical (unpaired) electrons. The van der Waals surface area contributed by atoms with E-state index < -0.39 is 6.04 Å². The minimum absolute atomic E-state index is 0.0266. The second-order valence-corrected chi connectivity index (χ2v) is 5.65. The number of carbonyl (C=O) groups is 2. The van der Waals surface area contributed by atoms with Crippen molar-refractivity contribution in [3.8, 4) is 11.5 Å². The Kier molecular flexibility index (Phi) is 6.43. The molecule has 1 heterocycles. The lowest BCUT2D eigenvalue weighted by Gasteiger charge is -2.24. The van der Waals surface area contributed by atoms with Crippen molar-refractivity contribution in [3.63, 3.8) is 0 Å². The molecule has 0 saturated heterocycles. The molecule has 1 aromatic carbocycles. The number of carbonyl (C=O) groups excluding carboxylic acids is 2. The van der Waals surface area contributed by atoms with Crippen LogP contribution in [0.2, 0.25) is 0 Å². The summed E-state index contributed by atoms with van der Waals surface area (Å²) in [5.41, 5.74) is 6.46. The van der Waals surface area contributed by atoms with Gasteiger partial charge in [-0.3, -0.25) is 9.59 Å². The summed E-state index contributed by atoms with van der Waals surface area (Å²) in [6, 6.07) is 4.65. The van der Waals surface area contributed by atoms with Gasteiger partial charge in [-0.15, -0.1) is 0 Å². The monoisotopic (exact) mass is 335 g/mol. The van der Waals surface area contributed by atoms with E-state index >= 15 is 0 Å². The van der Waals surface area contributed by atoms with Gasteiger partial charge in [0.25, 0.3) is 0 Å². The molecule has 1 unspecified atom stereocenters. The molecule has 7 nitrogen and oxygen atoms in total. The van der Waals surface area contributed by atoms with Crippen LogP contribution in [-0.4, -0.2) is 49.1 Å². The maximum atomic E-state index is 12.2. The molecule has 3 N–H and O–H groups in total. The highest BCUT2D eigenvalue weighted by Crippen LogP contribution is 2.32. The number of fused-ring (bicyclic) bond motifs is 1. The molecule has 24 heavy (non-hydrogen) atoms. The third-order valence-electron chi connectivity index (χ3n) is 3.77. The number of nitrogens with one attached hydrogen (secondary N) is 1. The number of hydrogen-bond acceptors (Lipinski definition) is 5. The highest BCUT2D eigenvalue weighted by molar-refractivity contribution is 5.95. The van der Waals surface area contributed by atoms with Gasteiger partial charge in [-0.2, -0.15) is 0 Å². The van der Waals surface area contributed by atoms with E-state index in [0.29, 0.717) is 43.4 Å². The van der Waals surface area contributed by atoms with Crippen LogP contribution >= 0.6 is 0 Å². The second-order valence-electron chi connectivity index (χ2n) is 5.65. The highest BCUT2D eigenvalue weighted by Gasteiger charge is 2.21. The summed E-state index contributed by atoms with van der Waals surface area (Å²) in [6.07, 6.45) is 1.44. The number of likely N-dealkylation sites (N-methyl/N-ethyl adjacent to an activating group) is 1. The summed E-state index contributed by atoms with van der Waals surface area (Å²) in [6.45, 7) is 5.21. The van der Waals surface area contributed by atoms with Gasteiger partial charge in [0.2, 0.25) is 11.8 Å². The number of benzene rings is 1. The summed E-state index contributed by atoms with van der Waals surface area (Å²) in [7, 11) is 0. The molecule has 0 aliphatic carbocycles. The fraction of sp³-hybridized carbons (Fsp3) is 0.529. The first-order valence-electron chi connectivity index (χ1n) is 8.29. The quantitative estimate of drug-likeness (QED) is 0.785. The molecular weight excluding hydrogens is 310 g/mol. The molecule has 0 bridgehead atoms. The Bertz CT molecular complexity index is 591. The summed E-state index contributed by atoms with van der Waals surface area (Å²) in [5, 5.41) is 2.77. The molecule has 2 amide bonds. The number of rotatable bonds is 7. The Balaban J connectivity index is 1.95. The van der Waals surface area contributed by atoms with Crippen LogP contribution in [0.15, 0.2) is 18.2 Å². The predicted octanol–water partition coefficient (Wildman–Crippen LogP) is 1.37. The first kappa shape index (κ1) is 18.1. The van der Waals surface area contributed by atoms with Crippen molar-refractivity contribution in [2.24, 2.45) is 5.73 Å². The minimum Gasteiger partial charge on any atom is -0.486 e. The molecule has 1 aliphatic heterocycles. The van der Waals surface area contributed by atoms with Crippen molar-refractivity contribution >= 4 is 17.5 Å². The number of hydrogen-bond donors (Lipinski definition) is 2. The van der Waals surface area contributed by atoms with Gasteiger partial charge in [-0.1, -0.05) is 13.3 Å². The van der Waals surface area contributed by atoms with Crippen molar-refractivity contribution < 1.29 is 19.1 Å². The molecule has 0 spiro atoms. The smallest absolute Gasteiger partial charge is 0.243 e. The van der Waals surface area contributed by atoms with Gasteiger partial charge in [0.15, 0.2) is 11.5 Å². The first-order chi connectivity index (χ1) is 11.5. The van der Waals surface area contributed by atoms with Gasteiger partial charge in [0.1, 0.15) is 13.2 Å². The number of ether oxygens (including phenoxy) is 2. The zero-order chi connectivity index (χ0) is 17.5. The Morgan fingerprint density at radius 3 is 2.62 bits per heavy atom. The van der Waals surface area contributed by atoms with Crippen LogP contribution in [0.3, 0.4) is 0 Å². The first-order valence-corrected chi connectivity index (χ1v) is 8.29. The second kappa shape index (κ2) is 8.54. The van der Waals surface area contributed by atoms with Gasteiger partial charge < -0.3 is 25.4 Å². The molecular formula is C17H25N3O4. The number of amides is 2. The maximum Gasteiger partial charge on any atom is 0.243 e. The average molecular weight is 335 g/mol. The topological polar surface area (TPSA) is 93.9 Å². The van der Waals surface area contributed by atoms with Crippen LogP contribution in [0.4, 0.5) is 5.69 Å². The van der Waals surface area contributed by atoms with Crippen molar-refractivity contribution in [2.45, 2.75) is 32.7 Å². The van der Waals surface area contributed by atoms with Crippen molar-refractivity contribution in [1.29, 1.82) is 0 Å². The molecule has 1 aromatic rings. The average Bonchev–Trinajstić information content (AvgIpc) is 2.59. The summed E-state index contributed by atoms with van der Waals surface area (Å²) in [4.78, 5) is 25.9. The summed E-state index contributed by atoms with van der Waals surface area (Å²) >= 11 is 0. The van der Waals surface area contributed by atoms with Crippen LogP contribution in [0, 0.1) is 0 Å². The molecule has 0 aromatic heterocycles. The molecule has 0 saturated carbocycles. The lowest BCUT2D eigenvalue weighted by atomic mass is 10.1. The van der Waals surface area contributed by atoms with Crippen LogP contribution < -0.4 is 20.5 Å². The van der Waals surface area contributed by atoms with Crippen molar-refractivity contribution in [2.75, 3.05) is 31.6 Å². The molecule has 2 rings (SSSR count). The van der Waals surface area contributed by atoms with Gasteiger partial charge in [-0.05, 0) is 25.5 Å². The van der Waals surface area contributed by atoms with E-state index in [2.05, 4.69) is 5.32 Å². The Morgan fingerprint density at radius 1 is 1.25 bits per heavy atom. The Labute approximate surface area is 142 Å². The van der Waals surface area contributed by atoms with E-state index in [4.69, 9.17) is 15.2 Å². The Hall–Kier alpha value is -2.28. The zero-order valence-corrected chi connectivity index (χ0v) is 14.2. The van der Waals surface area contributed by atoms with E-state index in [0.717, 1.165) is 6.42 Å². The Morgan fingerprint density at radius 2 is 1.96 bits per heavy atom. The number of nitrogens with two attached hydrogens (primary N) is 1. The van der Waals surface area contributed by atoms with Crippen LogP contribution in [-0.2, 0) is 9.59 Å². The molecule has 7 heteroatoms. The fourth-order valence-electron chi connectivity index (χ4n) is 2.51. The predicted molar refractivity (Wildman–Crippen MR) is 91.2 cm³/mol. The number of nitrogens with zero attached hydrogens (tertiary/aromatic N) is 1. The maximum absolute atomic E-state index is 12.2. The SMILES string of the molecule is CCCC(N)C(=O)N(CC)CC(=O)Nc1ccc2c(c1)OCCO2. The third kappa shape index (κ3) is 4.61.